The van der Waals surface area contributed by atoms with E-state index < -0.39 is 0 Å². The summed E-state index contributed by atoms with van der Waals surface area (Å²) in [6, 6.07) is 13.3. The topological polar surface area (TPSA) is 20.2 Å². The third-order valence-corrected chi connectivity index (χ3v) is 7.26. The summed E-state index contributed by atoms with van der Waals surface area (Å²) in [5.74, 6) is 0.696. The Morgan fingerprint density at radius 1 is 1.04 bits per heavy atom. The first kappa shape index (κ1) is 21.3. The smallest absolute Gasteiger partial charge is 0.0790 e. The fraction of sp³-hybridized carbons (Fsp3) is 0.538. The molecule has 1 nitrogen and oxygen atoms in total. The Hall–Kier alpha value is -1.38. The molecule has 1 aliphatic rings. The SMILES string of the molecule is CCCCCC(O)c1ccc(C2=C(C)CC[C@@H]2CCCc2ccc(C)s2)cc1. The third kappa shape index (κ3) is 5.58. The highest BCUT2D eigenvalue weighted by molar-refractivity contribution is 7.11. The zero-order valence-corrected chi connectivity index (χ0v) is 18.7. The van der Waals surface area contributed by atoms with Crippen molar-refractivity contribution in [3.63, 3.8) is 0 Å². The largest absolute Gasteiger partial charge is 0.388 e. The average molecular weight is 397 g/mol. The molecular formula is C26H36OS. The molecule has 1 heterocycles. The predicted molar refractivity (Wildman–Crippen MR) is 123 cm³/mol. The molecule has 1 aromatic carbocycles. The number of benzene rings is 1. The van der Waals surface area contributed by atoms with Crippen molar-refractivity contribution in [2.24, 2.45) is 5.92 Å². The molecule has 1 aliphatic carbocycles. The van der Waals surface area contributed by atoms with E-state index in [1.165, 1.54) is 60.3 Å². The monoisotopic (exact) mass is 396 g/mol. The quantitative estimate of drug-likeness (QED) is 0.405. The fourth-order valence-electron chi connectivity index (χ4n) is 4.57. The summed E-state index contributed by atoms with van der Waals surface area (Å²) in [6.45, 7) is 6.71. The highest BCUT2D eigenvalue weighted by atomic mass is 32.1. The number of aliphatic hydroxyl groups excluding tert-OH is 1. The van der Waals surface area contributed by atoms with Crippen LogP contribution in [0.1, 0.15) is 92.2 Å². The van der Waals surface area contributed by atoms with Gasteiger partial charge in [-0.1, -0.05) is 56.0 Å². The van der Waals surface area contributed by atoms with Crippen LogP contribution in [0.2, 0.25) is 0 Å². The molecule has 0 saturated heterocycles. The van der Waals surface area contributed by atoms with Crippen LogP contribution in [0.15, 0.2) is 42.0 Å². The van der Waals surface area contributed by atoms with Crippen molar-refractivity contribution in [1.29, 1.82) is 0 Å². The number of hydrogen-bond acceptors (Lipinski definition) is 2. The average Bonchev–Trinajstić information content (AvgIpc) is 3.27. The Morgan fingerprint density at radius 3 is 2.50 bits per heavy atom. The zero-order valence-electron chi connectivity index (χ0n) is 17.8. The number of thiophene rings is 1. The van der Waals surface area contributed by atoms with Crippen molar-refractivity contribution in [2.75, 3.05) is 0 Å². The minimum Gasteiger partial charge on any atom is -0.388 e. The van der Waals surface area contributed by atoms with Gasteiger partial charge < -0.3 is 5.11 Å². The van der Waals surface area contributed by atoms with E-state index in [-0.39, 0.29) is 6.10 Å². The number of rotatable bonds is 10. The van der Waals surface area contributed by atoms with Gasteiger partial charge >= 0.3 is 0 Å². The van der Waals surface area contributed by atoms with Crippen LogP contribution < -0.4 is 0 Å². The van der Waals surface area contributed by atoms with Gasteiger partial charge in [-0.2, -0.15) is 0 Å². The van der Waals surface area contributed by atoms with Crippen LogP contribution in [0.4, 0.5) is 0 Å². The van der Waals surface area contributed by atoms with E-state index in [2.05, 4.69) is 57.2 Å². The number of hydrogen-bond donors (Lipinski definition) is 1. The van der Waals surface area contributed by atoms with Crippen LogP contribution in [0, 0.1) is 12.8 Å². The van der Waals surface area contributed by atoms with Gasteiger partial charge in [-0.05, 0) is 87.1 Å². The molecule has 3 rings (SSSR count). The second kappa shape index (κ2) is 10.4. The van der Waals surface area contributed by atoms with Gasteiger partial charge in [0.05, 0.1) is 6.10 Å². The van der Waals surface area contributed by atoms with Crippen molar-refractivity contribution >= 4 is 16.9 Å². The standard InChI is InChI=1S/C26H36OS/c1-4-5-6-10-25(27)21-14-16-23(17-15-21)26-19(2)11-13-22(26)8-7-9-24-18-12-20(3)28-24/h12,14-18,22,25,27H,4-11,13H2,1-3H3/t22-,25?/m0/s1. The number of aryl methyl sites for hydroxylation is 2. The van der Waals surface area contributed by atoms with E-state index in [0.717, 1.165) is 18.4 Å². The number of aliphatic hydroxyl groups is 1. The molecule has 1 unspecified atom stereocenters. The van der Waals surface area contributed by atoms with Gasteiger partial charge in [0, 0.05) is 9.75 Å². The lowest BCUT2D eigenvalue weighted by Gasteiger charge is -2.17. The first-order valence-corrected chi connectivity index (χ1v) is 11.9. The van der Waals surface area contributed by atoms with Crippen LogP contribution in [0.25, 0.3) is 5.57 Å². The summed E-state index contributed by atoms with van der Waals surface area (Å²) in [5, 5.41) is 10.4. The molecule has 0 bridgehead atoms. The molecule has 152 valence electrons. The number of unbranched alkanes of at least 4 members (excludes halogenated alkanes) is 2. The predicted octanol–water partition coefficient (Wildman–Crippen LogP) is 7.88. The maximum atomic E-state index is 10.4. The Morgan fingerprint density at radius 2 is 1.82 bits per heavy atom. The molecule has 2 atom stereocenters. The molecule has 2 aromatic rings. The molecule has 28 heavy (non-hydrogen) atoms. The van der Waals surface area contributed by atoms with E-state index in [4.69, 9.17) is 0 Å². The molecule has 0 aliphatic heterocycles. The highest BCUT2D eigenvalue weighted by Gasteiger charge is 2.24. The summed E-state index contributed by atoms with van der Waals surface area (Å²) in [4.78, 5) is 2.95. The summed E-state index contributed by atoms with van der Waals surface area (Å²) in [7, 11) is 0. The molecule has 0 fully saturated rings. The number of allylic oxidation sites excluding steroid dienone is 2. The van der Waals surface area contributed by atoms with E-state index in [1.807, 2.05) is 11.3 Å². The van der Waals surface area contributed by atoms with E-state index in [1.54, 1.807) is 11.1 Å². The minimum atomic E-state index is -0.315. The van der Waals surface area contributed by atoms with Crippen molar-refractivity contribution in [3.05, 3.63) is 62.9 Å². The minimum absolute atomic E-state index is 0.315. The van der Waals surface area contributed by atoms with E-state index in [0.29, 0.717) is 5.92 Å². The summed E-state index contributed by atoms with van der Waals surface area (Å²) in [6.07, 6.45) is 10.4. The van der Waals surface area contributed by atoms with Gasteiger partial charge in [-0.15, -0.1) is 11.3 Å². The van der Waals surface area contributed by atoms with Crippen LogP contribution in [-0.2, 0) is 6.42 Å². The molecule has 1 N–H and O–H groups in total. The van der Waals surface area contributed by atoms with Crippen LogP contribution in [0.5, 0.6) is 0 Å². The van der Waals surface area contributed by atoms with Gasteiger partial charge in [0.2, 0.25) is 0 Å². The highest BCUT2D eigenvalue weighted by Crippen LogP contribution is 2.41. The van der Waals surface area contributed by atoms with Crippen molar-refractivity contribution in [3.8, 4) is 0 Å². The fourth-order valence-corrected chi connectivity index (χ4v) is 5.50. The second-order valence-electron chi connectivity index (χ2n) is 8.47. The van der Waals surface area contributed by atoms with Gasteiger partial charge in [-0.25, -0.2) is 0 Å². The van der Waals surface area contributed by atoms with Crippen LogP contribution >= 0.6 is 11.3 Å². The van der Waals surface area contributed by atoms with Crippen LogP contribution in [0.3, 0.4) is 0 Å². The normalized spacial score (nSPS) is 18.1. The molecule has 1 aromatic heterocycles. The van der Waals surface area contributed by atoms with E-state index >= 15 is 0 Å². The van der Waals surface area contributed by atoms with Crippen LogP contribution in [-0.4, -0.2) is 5.11 Å². The Balaban J connectivity index is 1.59. The van der Waals surface area contributed by atoms with Gasteiger partial charge in [0.25, 0.3) is 0 Å². The second-order valence-corrected chi connectivity index (χ2v) is 9.84. The summed E-state index contributed by atoms with van der Waals surface area (Å²) in [5.41, 5.74) is 5.58. The third-order valence-electron chi connectivity index (χ3n) is 6.20. The molecule has 2 heteroatoms. The summed E-state index contributed by atoms with van der Waals surface area (Å²) >= 11 is 1.94. The Kier molecular flexibility index (Phi) is 7.93. The lowest BCUT2D eigenvalue weighted by molar-refractivity contribution is 0.163. The molecule has 0 amide bonds. The van der Waals surface area contributed by atoms with Crippen molar-refractivity contribution < 1.29 is 5.11 Å². The first-order valence-electron chi connectivity index (χ1n) is 11.1. The Bertz CT molecular complexity index is 768. The zero-order chi connectivity index (χ0) is 19.9. The summed E-state index contributed by atoms with van der Waals surface area (Å²) < 4.78 is 0. The lowest BCUT2D eigenvalue weighted by atomic mass is 9.88. The first-order chi connectivity index (χ1) is 13.6. The van der Waals surface area contributed by atoms with Crippen molar-refractivity contribution in [2.45, 2.75) is 84.7 Å². The molecule has 0 saturated carbocycles. The Labute approximate surface area is 175 Å². The van der Waals surface area contributed by atoms with Crippen molar-refractivity contribution in [1.82, 2.24) is 0 Å². The molecule has 0 spiro atoms. The maximum absolute atomic E-state index is 10.4. The molecule has 0 radical (unpaired) electrons. The van der Waals surface area contributed by atoms with Gasteiger partial charge in [0.15, 0.2) is 0 Å². The maximum Gasteiger partial charge on any atom is 0.0790 e. The van der Waals surface area contributed by atoms with Gasteiger partial charge in [-0.3, -0.25) is 0 Å². The van der Waals surface area contributed by atoms with E-state index in [9.17, 15) is 5.11 Å². The van der Waals surface area contributed by atoms with Gasteiger partial charge in [0.1, 0.15) is 0 Å². The lowest BCUT2D eigenvalue weighted by Crippen LogP contribution is -2.02. The molecular weight excluding hydrogens is 360 g/mol.